The van der Waals surface area contributed by atoms with Gasteiger partial charge in [-0.2, -0.15) is 0 Å². The number of ether oxygens (including phenoxy) is 1. The quantitative estimate of drug-likeness (QED) is 0.561. The maximum Gasteiger partial charge on any atom is 0.163 e. The molecule has 7 heteroatoms. The Bertz CT molecular complexity index is 1020. The molecule has 0 saturated carbocycles. The number of hydrogen-bond donors (Lipinski definition) is 0. The van der Waals surface area contributed by atoms with Gasteiger partial charge in [-0.1, -0.05) is 18.2 Å². The second-order valence-electron chi connectivity index (χ2n) is 7.52. The molecule has 1 aliphatic heterocycles. The lowest BCUT2D eigenvalue weighted by Gasteiger charge is -2.32. The van der Waals surface area contributed by atoms with E-state index < -0.39 is 0 Å². The van der Waals surface area contributed by atoms with Gasteiger partial charge in [-0.15, -0.1) is 5.10 Å². The smallest absolute Gasteiger partial charge is 0.163 e. The summed E-state index contributed by atoms with van der Waals surface area (Å²) >= 11 is 3.79. The number of aryl methyl sites for hydroxylation is 3. The van der Waals surface area contributed by atoms with Gasteiger partial charge >= 0.3 is 0 Å². The third-order valence-corrected chi connectivity index (χ3v) is 5.99. The highest BCUT2D eigenvalue weighted by molar-refractivity contribution is 9.10. The minimum atomic E-state index is 0.160. The van der Waals surface area contributed by atoms with Crippen LogP contribution in [0, 0.1) is 13.8 Å². The van der Waals surface area contributed by atoms with E-state index in [1.165, 1.54) is 16.8 Å². The molecule has 0 N–H and O–H groups in total. The number of fused-ring (bicyclic) bond motifs is 2. The van der Waals surface area contributed by atoms with Gasteiger partial charge in [0.05, 0.1) is 23.9 Å². The average Bonchev–Trinajstić information content (AvgIpc) is 3.08. The minimum absolute atomic E-state index is 0.160. The van der Waals surface area contributed by atoms with Gasteiger partial charge in [0.15, 0.2) is 11.3 Å². The standard InChI is InChI=1S/C21H26BrN5O/c1-5-16(12-28-4)27-18-11-14(3)23-21(19(18)24-25-27)26-8-6-7-15-9-13(2)10-17(22)20(15)26/h9-11,16H,5-8,12H2,1-4H3. The van der Waals surface area contributed by atoms with Crippen molar-refractivity contribution in [1.82, 2.24) is 20.0 Å². The summed E-state index contributed by atoms with van der Waals surface area (Å²) in [5.41, 5.74) is 6.66. The zero-order chi connectivity index (χ0) is 19.8. The van der Waals surface area contributed by atoms with Crippen LogP contribution in [0.25, 0.3) is 11.0 Å². The summed E-state index contributed by atoms with van der Waals surface area (Å²) < 4.78 is 8.50. The molecule has 0 spiro atoms. The second kappa shape index (κ2) is 7.79. The molecule has 1 atom stereocenters. The average molecular weight is 444 g/mol. The Morgan fingerprint density at radius 3 is 2.82 bits per heavy atom. The van der Waals surface area contributed by atoms with E-state index in [-0.39, 0.29) is 6.04 Å². The van der Waals surface area contributed by atoms with Crippen molar-refractivity contribution in [2.75, 3.05) is 25.2 Å². The largest absolute Gasteiger partial charge is 0.382 e. The van der Waals surface area contributed by atoms with E-state index in [1.807, 2.05) is 11.6 Å². The maximum atomic E-state index is 5.40. The first kappa shape index (κ1) is 19.3. The molecule has 2 aromatic heterocycles. The Hall–Kier alpha value is -1.99. The molecule has 1 aromatic carbocycles. The van der Waals surface area contributed by atoms with Crippen LogP contribution in [-0.4, -0.2) is 40.2 Å². The Balaban J connectivity index is 1.89. The Labute approximate surface area is 174 Å². The molecule has 0 radical (unpaired) electrons. The van der Waals surface area contributed by atoms with E-state index in [4.69, 9.17) is 9.72 Å². The van der Waals surface area contributed by atoms with Crippen LogP contribution in [0.5, 0.6) is 0 Å². The van der Waals surface area contributed by atoms with Gasteiger partial charge in [-0.25, -0.2) is 9.67 Å². The lowest BCUT2D eigenvalue weighted by atomic mass is 9.99. The third kappa shape index (κ3) is 3.31. The van der Waals surface area contributed by atoms with Crippen molar-refractivity contribution in [1.29, 1.82) is 0 Å². The van der Waals surface area contributed by atoms with Crippen LogP contribution in [0.3, 0.4) is 0 Å². The van der Waals surface area contributed by atoms with Crippen LogP contribution in [-0.2, 0) is 11.2 Å². The molecule has 3 heterocycles. The number of nitrogens with zero attached hydrogens (tertiary/aromatic N) is 5. The lowest BCUT2D eigenvalue weighted by molar-refractivity contribution is 0.148. The maximum absolute atomic E-state index is 5.40. The molecule has 148 valence electrons. The second-order valence-corrected chi connectivity index (χ2v) is 8.37. The molecule has 1 unspecified atom stereocenters. The van der Waals surface area contributed by atoms with Gasteiger partial charge in [-0.3, -0.25) is 0 Å². The molecular formula is C21H26BrN5O. The number of aromatic nitrogens is 4. The fraction of sp³-hybridized carbons (Fsp3) is 0.476. The summed E-state index contributed by atoms with van der Waals surface area (Å²) in [6, 6.07) is 6.69. The Kier molecular flexibility index (Phi) is 5.38. The van der Waals surface area contributed by atoms with Crippen molar-refractivity contribution < 1.29 is 4.74 Å². The molecule has 0 bridgehead atoms. The molecule has 0 saturated heterocycles. The van der Waals surface area contributed by atoms with Crippen molar-refractivity contribution in [3.63, 3.8) is 0 Å². The first-order valence-corrected chi connectivity index (χ1v) is 10.6. The monoisotopic (exact) mass is 443 g/mol. The van der Waals surface area contributed by atoms with Crippen LogP contribution in [0.2, 0.25) is 0 Å². The van der Waals surface area contributed by atoms with Crippen LogP contribution < -0.4 is 4.90 Å². The molecule has 4 rings (SSSR count). The van der Waals surface area contributed by atoms with Gasteiger partial charge in [0, 0.05) is 23.8 Å². The van der Waals surface area contributed by atoms with E-state index in [2.05, 4.69) is 63.2 Å². The van der Waals surface area contributed by atoms with Gasteiger partial charge in [0.2, 0.25) is 0 Å². The highest BCUT2D eigenvalue weighted by Crippen LogP contribution is 2.41. The lowest BCUT2D eigenvalue weighted by Crippen LogP contribution is -2.26. The summed E-state index contributed by atoms with van der Waals surface area (Å²) in [7, 11) is 1.73. The fourth-order valence-electron chi connectivity index (χ4n) is 4.11. The van der Waals surface area contributed by atoms with Crippen LogP contribution in [0.1, 0.15) is 42.6 Å². The van der Waals surface area contributed by atoms with Crippen molar-refractivity contribution in [3.05, 3.63) is 39.5 Å². The summed E-state index contributed by atoms with van der Waals surface area (Å²) in [6.45, 7) is 7.85. The van der Waals surface area contributed by atoms with Gasteiger partial charge in [-0.05, 0) is 72.3 Å². The molecular weight excluding hydrogens is 418 g/mol. The number of rotatable bonds is 5. The first-order valence-electron chi connectivity index (χ1n) is 9.81. The van der Waals surface area contributed by atoms with E-state index in [9.17, 15) is 0 Å². The summed E-state index contributed by atoms with van der Waals surface area (Å²) in [4.78, 5) is 7.19. The molecule has 28 heavy (non-hydrogen) atoms. The van der Waals surface area contributed by atoms with Crippen molar-refractivity contribution >= 4 is 38.5 Å². The first-order chi connectivity index (χ1) is 13.5. The summed E-state index contributed by atoms with van der Waals surface area (Å²) in [6.07, 6.45) is 3.11. The van der Waals surface area contributed by atoms with Crippen molar-refractivity contribution in [2.24, 2.45) is 0 Å². The normalized spacial score (nSPS) is 15.1. The highest BCUT2D eigenvalue weighted by Gasteiger charge is 2.26. The van der Waals surface area contributed by atoms with Crippen molar-refractivity contribution in [2.45, 2.75) is 46.1 Å². The Morgan fingerprint density at radius 2 is 2.07 bits per heavy atom. The van der Waals surface area contributed by atoms with E-state index in [1.54, 1.807) is 7.11 Å². The van der Waals surface area contributed by atoms with Crippen molar-refractivity contribution in [3.8, 4) is 0 Å². The third-order valence-electron chi connectivity index (χ3n) is 5.39. The number of benzene rings is 1. The topological polar surface area (TPSA) is 56.1 Å². The SMILES string of the molecule is CCC(COC)n1nnc2c(N3CCCc4cc(C)cc(Br)c43)nc(C)cc21. The fourth-order valence-corrected chi connectivity index (χ4v) is 4.94. The number of anilines is 2. The van der Waals surface area contributed by atoms with E-state index in [0.717, 1.165) is 52.8 Å². The van der Waals surface area contributed by atoms with E-state index >= 15 is 0 Å². The highest BCUT2D eigenvalue weighted by atomic mass is 79.9. The summed E-state index contributed by atoms with van der Waals surface area (Å²) in [5, 5.41) is 9.03. The zero-order valence-electron chi connectivity index (χ0n) is 16.9. The Morgan fingerprint density at radius 1 is 1.25 bits per heavy atom. The number of methoxy groups -OCH3 is 1. The molecule has 0 amide bonds. The number of halogens is 1. The molecule has 6 nitrogen and oxygen atoms in total. The summed E-state index contributed by atoms with van der Waals surface area (Å²) in [5.74, 6) is 0.888. The predicted molar refractivity (Wildman–Crippen MR) is 115 cm³/mol. The van der Waals surface area contributed by atoms with Gasteiger partial charge in [0.25, 0.3) is 0 Å². The van der Waals surface area contributed by atoms with Crippen LogP contribution in [0.15, 0.2) is 22.7 Å². The van der Waals surface area contributed by atoms with Gasteiger partial charge < -0.3 is 9.64 Å². The molecule has 1 aliphatic rings. The van der Waals surface area contributed by atoms with Crippen LogP contribution >= 0.6 is 15.9 Å². The molecule has 0 aliphatic carbocycles. The van der Waals surface area contributed by atoms with Crippen LogP contribution in [0.4, 0.5) is 11.5 Å². The predicted octanol–water partition coefficient (Wildman–Crippen LogP) is 4.89. The number of hydrogen-bond acceptors (Lipinski definition) is 5. The molecule has 3 aromatic rings. The minimum Gasteiger partial charge on any atom is -0.382 e. The van der Waals surface area contributed by atoms with E-state index in [0.29, 0.717) is 6.61 Å². The zero-order valence-corrected chi connectivity index (χ0v) is 18.5. The number of pyridine rings is 1. The van der Waals surface area contributed by atoms with Gasteiger partial charge in [0.1, 0.15) is 0 Å². The molecule has 0 fully saturated rings.